The molecule has 1 aliphatic heterocycles. The zero-order chi connectivity index (χ0) is 19.4. The van der Waals surface area contributed by atoms with E-state index < -0.39 is 0 Å². The van der Waals surface area contributed by atoms with Crippen molar-refractivity contribution in [1.29, 1.82) is 0 Å². The highest BCUT2D eigenvalue weighted by Gasteiger charge is 2.31. The molecule has 2 N–H and O–H groups in total. The Labute approximate surface area is 164 Å². The average Bonchev–Trinajstić information content (AvgIpc) is 3.23. The summed E-state index contributed by atoms with van der Waals surface area (Å²) < 4.78 is 1.89. The molecular weight excluding hydrogens is 350 g/mol. The van der Waals surface area contributed by atoms with Gasteiger partial charge in [0.25, 0.3) is 0 Å². The first-order valence-electron chi connectivity index (χ1n) is 9.94. The molecule has 5 rings (SSSR count). The van der Waals surface area contributed by atoms with E-state index >= 15 is 0 Å². The average molecular weight is 375 g/mol. The first-order chi connectivity index (χ1) is 13.5. The SMILES string of the molecule is CCC1C(C)=Nc2ccc(-c3ccn4nc(N(C)[C@H]5C[C@H](N)C5)ncc34)nc21. The van der Waals surface area contributed by atoms with Gasteiger partial charge in [-0.15, -0.1) is 5.10 Å². The molecule has 28 heavy (non-hydrogen) atoms. The van der Waals surface area contributed by atoms with Gasteiger partial charge < -0.3 is 10.6 Å². The number of rotatable bonds is 4. The molecular formula is C21H25N7. The first-order valence-corrected chi connectivity index (χ1v) is 9.94. The fourth-order valence-corrected chi connectivity index (χ4v) is 4.30. The molecule has 7 nitrogen and oxygen atoms in total. The number of aromatic nitrogens is 4. The molecule has 0 spiro atoms. The Kier molecular flexibility index (Phi) is 3.94. The molecule has 3 aromatic heterocycles. The summed E-state index contributed by atoms with van der Waals surface area (Å²) in [4.78, 5) is 16.4. The minimum absolute atomic E-state index is 0.305. The standard InChI is InChI=1S/C21H25N7/c1-4-15-12(2)24-18-6-5-17(25-20(15)18)16-7-8-28-19(16)11-23-21(26-28)27(3)14-9-13(22)10-14/h5-8,11,13-15H,4,9-10,22H2,1-3H3/t13-,14-,15?. The highest BCUT2D eigenvalue weighted by atomic mass is 15.4. The van der Waals surface area contributed by atoms with Crippen molar-refractivity contribution in [2.75, 3.05) is 11.9 Å². The minimum atomic E-state index is 0.305. The summed E-state index contributed by atoms with van der Waals surface area (Å²) in [5, 5.41) is 4.71. The Balaban J connectivity index is 1.49. The van der Waals surface area contributed by atoms with Crippen molar-refractivity contribution in [3.05, 3.63) is 36.3 Å². The van der Waals surface area contributed by atoms with Crippen molar-refractivity contribution in [1.82, 2.24) is 19.6 Å². The molecule has 3 aromatic rings. The van der Waals surface area contributed by atoms with Gasteiger partial charge in [0.2, 0.25) is 5.95 Å². The van der Waals surface area contributed by atoms with E-state index in [1.807, 2.05) is 30.0 Å². The molecule has 1 atom stereocenters. The maximum atomic E-state index is 5.92. The zero-order valence-electron chi connectivity index (χ0n) is 16.5. The molecule has 0 bridgehead atoms. The van der Waals surface area contributed by atoms with E-state index in [1.54, 1.807) is 0 Å². The third-order valence-corrected chi connectivity index (χ3v) is 6.14. The Bertz CT molecular complexity index is 1080. The van der Waals surface area contributed by atoms with Crippen molar-refractivity contribution in [2.45, 2.75) is 51.1 Å². The third-order valence-electron chi connectivity index (χ3n) is 6.14. The van der Waals surface area contributed by atoms with Gasteiger partial charge in [-0.2, -0.15) is 0 Å². The first kappa shape index (κ1) is 17.3. The predicted molar refractivity (Wildman–Crippen MR) is 111 cm³/mol. The highest BCUT2D eigenvalue weighted by Crippen LogP contribution is 2.38. The van der Waals surface area contributed by atoms with Gasteiger partial charge in [-0.3, -0.25) is 4.99 Å². The molecule has 0 radical (unpaired) electrons. The van der Waals surface area contributed by atoms with Gasteiger partial charge in [-0.05, 0) is 44.4 Å². The summed E-state index contributed by atoms with van der Waals surface area (Å²) in [6.45, 7) is 4.27. The molecule has 0 aromatic carbocycles. The van der Waals surface area contributed by atoms with E-state index in [-0.39, 0.29) is 0 Å². The van der Waals surface area contributed by atoms with Crippen molar-refractivity contribution in [2.24, 2.45) is 10.7 Å². The van der Waals surface area contributed by atoms with E-state index in [9.17, 15) is 0 Å². The van der Waals surface area contributed by atoms with Crippen LogP contribution in [-0.4, -0.2) is 44.4 Å². The maximum absolute atomic E-state index is 5.92. The number of nitrogens with two attached hydrogens (primary N) is 1. The van der Waals surface area contributed by atoms with Crippen LogP contribution < -0.4 is 10.6 Å². The van der Waals surface area contributed by atoms with E-state index in [2.05, 4.69) is 40.9 Å². The number of nitrogens with zero attached hydrogens (tertiary/aromatic N) is 6. The van der Waals surface area contributed by atoms with E-state index in [0.717, 1.165) is 59.1 Å². The molecule has 0 amide bonds. The predicted octanol–water partition coefficient (Wildman–Crippen LogP) is 3.32. The lowest BCUT2D eigenvalue weighted by molar-refractivity contribution is 0.336. The molecule has 7 heteroatoms. The Morgan fingerprint density at radius 1 is 1.25 bits per heavy atom. The van der Waals surface area contributed by atoms with Crippen LogP contribution in [0.4, 0.5) is 11.6 Å². The third kappa shape index (κ3) is 2.61. The normalized spacial score (nSPS) is 23.4. The molecule has 0 saturated heterocycles. The second-order valence-electron chi connectivity index (χ2n) is 7.93. The van der Waals surface area contributed by atoms with Crippen LogP contribution in [-0.2, 0) is 0 Å². The van der Waals surface area contributed by atoms with Gasteiger partial charge in [-0.25, -0.2) is 14.5 Å². The van der Waals surface area contributed by atoms with E-state index in [1.165, 1.54) is 0 Å². The number of pyridine rings is 1. The topological polar surface area (TPSA) is 84.7 Å². The second-order valence-corrected chi connectivity index (χ2v) is 7.93. The largest absolute Gasteiger partial charge is 0.340 e. The Morgan fingerprint density at radius 2 is 2.07 bits per heavy atom. The van der Waals surface area contributed by atoms with Gasteiger partial charge in [-0.1, -0.05) is 6.92 Å². The number of hydrogen-bond acceptors (Lipinski definition) is 6. The van der Waals surface area contributed by atoms with Crippen LogP contribution in [0.1, 0.15) is 44.7 Å². The van der Waals surface area contributed by atoms with Crippen LogP contribution in [0.5, 0.6) is 0 Å². The quantitative estimate of drug-likeness (QED) is 0.756. The molecule has 1 unspecified atom stereocenters. The van der Waals surface area contributed by atoms with Crippen LogP contribution in [0.3, 0.4) is 0 Å². The number of aliphatic imine (C=N–C) groups is 1. The van der Waals surface area contributed by atoms with Crippen LogP contribution in [0, 0.1) is 0 Å². The second kappa shape index (κ2) is 6.38. The van der Waals surface area contributed by atoms with Crippen LogP contribution in [0.2, 0.25) is 0 Å². The minimum Gasteiger partial charge on any atom is -0.340 e. The lowest BCUT2D eigenvalue weighted by Gasteiger charge is -2.39. The van der Waals surface area contributed by atoms with Gasteiger partial charge >= 0.3 is 0 Å². The number of fused-ring (bicyclic) bond motifs is 2. The van der Waals surface area contributed by atoms with Gasteiger partial charge in [0.15, 0.2) is 0 Å². The molecule has 1 aliphatic carbocycles. The fraction of sp³-hybridized carbons (Fsp3) is 0.429. The van der Waals surface area contributed by atoms with Crippen LogP contribution in [0.15, 0.2) is 35.6 Å². The molecule has 144 valence electrons. The van der Waals surface area contributed by atoms with Gasteiger partial charge in [0.1, 0.15) is 0 Å². The fourth-order valence-electron chi connectivity index (χ4n) is 4.30. The Hall–Kier alpha value is -2.80. The monoisotopic (exact) mass is 375 g/mol. The summed E-state index contributed by atoms with van der Waals surface area (Å²) in [5.74, 6) is 1.04. The van der Waals surface area contributed by atoms with Gasteiger partial charge in [0, 0.05) is 42.5 Å². The summed E-state index contributed by atoms with van der Waals surface area (Å²) in [6, 6.07) is 6.91. The lowest BCUT2D eigenvalue weighted by atomic mass is 9.87. The van der Waals surface area contributed by atoms with Gasteiger partial charge in [0.05, 0.1) is 28.8 Å². The van der Waals surface area contributed by atoms with Crippen LogP contribution in [0.25, 0.3) is 16.8 Å². The van der Waals surface area contributed by atoms with Crippen LogP contribution >= 0.6 is 0 Å². The Morgan fingerprint density at radius 3 is 2.82 bits per heavy atom. The van der Waals surface area contributed by atoms with E-state index in [0.29, 0.717) is 18.0 Å². The van der Waals surface area contributed by atoms with Crippen molar-refractivity contribution >= 4 is 22.9 Å². The zero-order valence-corrected chi connectivity index (χ0v) is 16.5. The molecule has 1 saturated carbocycles. The number of anilines is 1. The number of hydrogen-bond donors (Lipinski definition) is 1. The maximum Gasteiger partial charge on any atom is 0.243 e. The summed E-state index contributed by atoms with van der Waals surface area (Å²) in [5.41, 5.74) is 12.1. The van der Waals surface area contributed by atoms with Crippen molar-refractivity contribution < 1.29 is 0 Å². The summed E-state index contributed by atoms with van der Waals surface area (Å²) >= 11 is 0. The molecule has 2 aliphatic rings. The summed E-state index contributed by atoms with van der Waals surface area (Å²) in [7, 11) is 2.04. The molecule has 4 heterocycles. The smallest absolute Gasteiger partial charge is 0.243 e. The molecule has 1 fully saturated rings. The van der Waals surface area contributed by atoms with E-state index in [4.69, 9.17) is 15.8 Å². The summed E-state index contributed by atoms with van der Waals surface area (Å²) in [6.07, 6.45) is 6.87. The van der Waals surface area contributed by atoms with Crippen molar-refractivity contribution in [3.63, 3.8) is 0 Å². The van der Waals surface area contributed by atoms with Crippen molar-refractivity contribution in [3.8, 4) is 11.3 Å². The highest BCUT2D eigenvalue weighted by molar-refractivity contribution is 5.96. The lowest BCUT2D eigenvalue weighted by Crippen LogP contribution is -2.49.